The van der Waals surface area contributed by atoms with E-state index in [4.69, 9.17) is 4.74 Å². The molecule has 0 bridgehead atoms. The van der Waals surface area contributed by atoms with E-state index in [0.29, 0.717) is 31.1 Å². The van der Waals surface area contributed by atoms with Crippen LogP contribution in [0, 0.1) is 0 Å². The number of aromatic nitrogens is 1. The Kier molecular flexibility index (Phi) is 6.29. The van der Waals surface area contributed by atoms with Gasteiger partial charge >= 0.3 is 0 Å². The van der Waals surface area contributed by atoms with Crippen LogP contribution >= 0.6 is 0 Å². The number of ether oxygens (including phenoxy) is 1. The third-order valence-electron chi connectivity index (χ3n) is 5.30. The van der Waals surface area contributed by atoms with Crippen LogP contribution in [0.25, 0.3) is 0 Å². The molecule has 1 aromatic carbocycles. The lowest BCUT2D eigenvalue weighted by atomic mass is 9.91. The van der Waals surface area contributed by atoms with Crippen molar-refractivity contribution in [1.82, 2.24) is 9.88 Å². The fourth-order valence-electron chi connectivity index (χ4n) is 3.33. The van der Waals surface area contributed by atoms with Crippen LogP contribution in [-0.4, -0.2) is 48.9 Å². The van der Waals surface area contributed by atoms with Crippen LogP contribution in [0.4, 0.5) is 5.69 Å². The number of methoxy groups -OCH3 is 1. The number of benzene rings is 1. The maximum Gasteiger partial charge on any atom is 0.226 e. The first-order valence-electron chi connectivity index (χ1n) is 9.65. The maximum absolute atomic E-state index is 12.4. The Balaban J connectivity index is 1.46. The minimum Gasteiger partial charge on any atom is -0.481 e. The van der Waals surface area contributed by atoms with Crippen molar-refractivity contribution < 1.29 is 14.3 Å². The number of hydrogen-bond donors (Lipinski definition) is 0. The number of pyridine rings is 1. The van der Waals surface area contributed by atoms with E-state index < -0.39 is 0 Å². The number of amides is 2. The van der Waals surface area contributed by atoms with Crippen LogP contribution < -0.4 is 9.64 Å². The number of carbonyl (C=O) groups is 2. The van der Waals surface area contributed by atoms with E-state index >= 15 is 0 Å². The number of carbonyl (C=O) groups excluding carboxylic acids is 2. The van der Waals surface area contributed by atoms with Crippen molar-refractivity contribution in [2.24, 2.45) is 0 Å². The lowest BCUT2D eigenvalue weighted by Gasteiger charge is -2.40. The van der Waals surface area contributed by atoms with Crippen LogP contribution in [0.3, 0.4) is 0 Å². The second kappa shape index (κ2) is 8.87. The van der Waals surface area contributed by atoms with Crippen LogP contribution in [0.1, 0.15) is 36.8 Å². The van der Waals surface area contributed by atoms with Gasteiger partial charge in [0.2, 0.25) is 17.7 Å². The molecule has 2 amide bonds. The fourth-order valence-corrected chi connectivity index (χ4v) is 3.33. The average molecular weight is 381 g/mol. The van der Waals surface area contributed by atoms with Crippen LogP contribution in [0.5, 0.6) is 5.88 Å². The Morgan fingerprint density at radius 2 is 1.89 bits per heavy atom. The van der Waals surface area contributed by atoms with Crippen LogP contribution in [0.15, 0.2) is 42.6 Å². The number of hydrogen-bond acceptors (Lipinski definition) is 4. The molecule has 1 saturated heterocycles. The molecule has 0 atom stereocenters. The van der Waals surface area contributed by atoms with Crippen LogP contribution in [-0.2, 0) is 16.0 Å². The quantitative estimate of drug-likeness (QED) is 0.740. The molecule has 0 radical (unpaired) electrons. The molecule has 2 heterocycles. The van der Waals surface area contributed by atoms with Crippen molar-refractivity contribution >= 4 is 17.5 Å². The van der Waals surface area contributed by atoms with Gasteiger partial charge in [0.15, 0.2) is 0 Å². The lowest BCUT2D eigenvalue weighted by molar-refractivity contribution is -0.135. The summed E-state index contributed by atoms with van der Waals surface area (Å²) < 4.78 is 5.05. The summed E-state index contributed by atoms with van der Waals surface area (Å²) >= 11 is 0. The van der Waals surface area contributed by atoms with Crippen molar-refractivity contribution in [3.8, 4) is 5.88 Å². The van der Waals surface area contributed by atoms with Gasteiger partial charge in [-0.3, -0.25) is 9.59 Å². The molecule has 6 nitrogen and oxygen atoms in total. The Morgan fingerprint density at radius 1 is 1.18 bits per heavy atom. The topological polar surface area (TPSA) is 62.7 Å². The highest BCUT2D eigenvalue weighted by molar-refractivity contribution is 5.92. The molecule has 28 heavy (non-hydrogen) atoms. The number of anilines is 1. The summed E-state index contributed by atoms with van der Waals surface area (Å²) in [5, 5.41) is 0. The van der Waals surface area contributed by atoms with Gasteiger partial charge in [-0.25, -0.2) is 4.98 Å². The van der Waals surface area contributed by atoms with Gasteiger partial charge in [0, 0.05) is 56.8 Å². The van der Waals surface area contributed by atoms with Gasteiger partial charge < -0.3 is 14.5 Å². The maximum atomic E-state index is 12.4. The molecule has 0 spiro atoms. The Hall–Kier alpha value is -2.89. The first-order chi connectivity index (χ1) is 13.5. The second-order valence-electron chi connectivity index (χ2n) is 7.10. The van der Waals surface area contributed by atoms with Crippen molar-refractivity contribution in [2.45, 2.75) is 32.1 Å². The Labute approximate surface area is 166 Å². The van der Waals surface area contributed by atoms with E-state index in [1.54, 1.807) is 25.3 Å². The van der Waals surface area contributed by atoms with E-state index in [2.05, 4.69) is 17.1 Å². The van der Waals surface area contributed by atoms with Crippen LogP contribution in [0.2, 0.25) is 0 Å². The fraction of sp³-hybridized carbons (Fsp3) is 0.409. The lowest BCUT2D eigenvalue weighted by Crippen LogP contribution is -2.48. The zero-order valence-corrected chi connectivity index (χ0v) is 16.7. The molecular formula is C22H27N3O3. The molecule has 1 aliphatic heterocycles. The zero-order chi connectivity index (χ0) is 20.1. The second-order valence-corrected chi connectivity index (χ2v) is 7.10. The summed E-state index contributed by atoms with van der Waals surface area (Å²) in [6, 6.07) is 11.8. The highest BCUT2D eigenvalue weighted by Gasteiger charge is 2.31. The van der Waals surface area contributed by atoms with Gasteiger partial charge in [-0.05, 0) is 29.7 Å². The highest BCUT2D eigenvalue weighted by atomic mass is 16.5. The molecule has 0 aliphatic carbocycles. The molecule has 0 N–H and O–H groups in total. The summed E-state index contributed by atoms with van der Waals surface area (Å²) in [5.74, 6) is 1.22. The van der Waals surface area contributed by atoms with E-state index in [1.165, 1.54) is 5.56 Å². The third kappa shape index (κ3) is 4.50. The SMILES string of the molecule is CCC(=O)N(C)c1ccc(C2CN(C(=O)CCc3ccc(OC)nc3)C2)cc1. The van der Waals surface area contributed by atoms with Gasteiger partial charge in [0.1, 0.15) is 0 Å². The molecule has 148 valence electrons. The zero-order valence-electron chi connectivity index (χ0n) is 16.7. The van der Waals surface area contributed by atoms with Gasteiger partial charge in [0.25, 0.3) is 0 Å². The summed E-state index contributed by atoms with van der Waals surface area (Å²) in [6.07, 6.45) is 3.42. The summed E-state index contributed by atoms with van der Waals surface area (Å²) in [5.41, 5.74) is 3.15. The summed E-state index contributed by atoms with van der Waals surface area (Å²) in [4.78, 5) is 31.9. The molecule has 3 rings (SSSR count). The summed E-state index contributed by atoms with van der Waals surface area (Å²) in [6.45, 7) is 3.36. The van der Waals surface area contributed by atoms with Crippen molar-refractivity contribution in [1.29, 1.82) is 0 Å². The predicted molar refractivity (Wildman–Crippen MR) is 109 cm³/mol. The molecule has 0 saturated carbocycles. The Morgan fingerprint density at radius 3 is 2.46 bits per heavy atom. The summed E-state index contributed by atoms with van der Waals surface area (Å²) in [7, 11) is 3.38. The van der Waals surface area contributed by atoms with E-state index in [9.17, 15) is 9.59 Å². The molecule has 2 aromatic rings. The minimum absolute atomic E-state index is 0.0974. The Bertz CT molecular complexity index is 812. The average Bonchev–Trinajstić information content (AvgIpc) is 2.71. The highest BCUT2D eigenvalue weighted by Crippen LogP contribution is 2.29. The van der Waals surface area contributed by atoms with Crippen molar-refractivity contribution in [3.05, 3.63) is 53.7 Å². The predicted octanol–water partition coefficient (Wildman–Crippen LogP) is 3.02. The van der Waals surface area contributed by atoms with E-state index in [-0.39, 0.29) is 11.8 Å². The van der Waals surface area contributed by atoms with Crippen molar-refractivity contribution in [2.75, 3.05) is 32.1 Å². The van der Waals surface area contributed by atoms with Crippen molar-refractivity contribution in [3.63, 3.8) is 0 Å². The molecule has 6 heteroatoms. The normalized spacial score (nSPS) is 13.8. The minimum atomic E-state index is 0.0974. The molecular weight excluding hydrogens is 354 g/mol. The number of aryl methyl sites for hydroxylation is 1. The number of rotatable bonds is 7. The van der Waals surface area contributed by atoms with Gasteiger partial charge in [0.05, 0.1) is 7.11 Å². The van der Waals surface area contributed by atoms with Gasteiger partial charge in [-0.2, -0.15) is 0 Å². The largest absolute Gasteiger partial charge is 0.481 e. The first-order valence-corrected chi connectivity index (χ1v) is 9.65. The monoisotopic (exact) mass is 381 g/mol. The van der Waals surface area contributed by atoms with Gasteiger partial charge in [-0.15, -0.1) is 0 Å². The first kappa shape index (κ1) is 19.9. The molecule has 1 aromatic heterocycles. The molecule has 1 fully saturated rings. The van der Waals surface area contributed by atoms with E-state index in [1.807, 2.05) is 36.1 Å². The van der Waals surface area contributed by atoms with E-state index in [0.717, 1.165) is 24.3 Å². The number of nitrogens with zero attached hydrogens (tertiary/aromatic N) is 3. The molecule has 0 unspecified atom stereocenters. The standard InChI is InChI=1S/C22H27N3O3/c1-4-21(26)24(2)19-9-7-17(8-10-19)18-14-25(15-18)22(27)12-6-16-5-11-20(28-3)23-13-16/h5,7-11,13,18H,4,6,12,14-15H2,1-3H3. The number of likely N-dealkylation sites (tertiary alicyclic amines) is 1. The third-order valence-corrected chi connectivity index (χ3v) is 5.30. The van der Waals surface area contributed by atoms with Gasteiger partial charge in [-0.1, -0.05) is 25.1 Å². The molecule has 1 aliphatic rings. The smallest absolute Gasteiger partial charge is 0.226 e.